The fourth-order valence-electron chi connectivity index (χ4n) is 2.18. The number of allylic oxidation sites excluding steroid dienone is 1. The van der Waals surface area contributed by atoms with E-state index < -0.39 is 11.4 Å². The first-order valence-electron chi connectivity index (χ1n) is 6.75. The van der Waals surface area contributed by atoms with Crippen LogP contribution >= 0.6 is 21.6 Å². The van der Waals surface area contributed by atoms with Crippen LogP contribution in [0.25, 0.3) is 0 Å². The van der Waals surface area contributed by atoms with E-state index in [9.17, 15) is 9.59 Å². The first-order valence-corrected chi connectivity index (χ1v) is 8.90. The Bertz CT molecular complexity index is 714. The Morgan fingerprint density at radius 3 is 2.17 bits per heavy atom. The van der Waals surface area contributed by atoms with Gasteiger partial charge < -0.3 is 9.47 Å². The molecular formula is C16H14N2O4S2. The molecule has 0 heterocycles. The van der Waals surface area contributed by atoms with E-state index in [4.69, 9.17) is 9.47 Å². The highest BCUT2D eigenvalue weighted by molar-refractivity contribution is 8.78. The van der Waals surface area contributed by atoms with Crippen molar-refractivity contribution in [3.63, 3.8) is 0 Å². The van der Waals surface area contributed by atoms with Crippen LogP contribution in [0, 0.1) is 0 Å². The number of aliphatic imine (C=N–C) groups is 2. The smallest absolute Gasteiger partial charge is 0.250 e. The summed E-state index contributed by atoms with van der Waals surface area (Å²) in [6.07, 6.45) is 7.59. The first kappa shape index (κ1) is 18.4. The fraction of sp³-hybridized carbons (Fsp3) is 0.250. The monoisotopic (exact) mass is 362 g/mol. The summed E-state index contributed by atoms with van der Waals surface area (Å²) in [7, 11) is 5.77. The third-order valence-corrected chi connectivity index (χ3v) is 5.74. The van der Waals surface area contributed by atoms with Gasteiger partial charge in [0.25, 0.3) is 0 Å². The van der Waals surface area contributed by atoms with Gasteiger partial charge in [0, 0.05) is 24.0 Å². The first-order chi connectivity index (χ1) is 11.6. The predicted octanol–water partition coefficient (Wildman–Crippen LogP) is 3.24. The molecule has 6 nitrogen and oxygen atoms in total. The number of hydrogen-bond donors (Lipinski definition) is 0. The molecule has 1 aromatic rings. The van der Waals surface area contributed by atoms with Crippen LogP contribution in [0.2, 0.25) is 0 Å². The lowest BCUT2D eigenvalue weighted by molar-refractivity contribution is -0.200. The van der Waals surface area contributed by atoms with Gasteiger partial charge in [0.05, 0.1) is 0 Å². The Kier molecular flexibility index (Phi) is 6.34. The van der Waals surface area contributed by atoms with E-state index >= 15 is 0 Å². The molecule has 1 aliphatic rings. The van der Waals surface area contributed by atoms with E-state index in [1.54, 1.807) is 22.9 Å². The zero-order valence-corrected chi connectivity index (χ0v) is 14.6. The Labute approximate surface area is 147 Å². The molecule has 0 saturated carbocycles. The van der Waals surface area contributed by atoms with Crippen molar-refractivity contribution in [2.75, 3.05) is 14.2 Å². The molecule has 0 saturated heterocycles. The average Bonchev–Trinajstić information content (AvgIpc) is 2.62. The van der Waals surface area contributed by atoms with Crippen LogP contribution in [0.3, 0.4) is 0 Å². The highest BCUT2D eigenvalue weighted by Crippen LogP contribution is 2.45. The second kappa shape index (κ2) is 8.26. The topological polar surface area (TPSA) is 77.3 Å². The molecule has 0 fully saturated rings. The molecule has 0 unspecified atom stereocenters. The Morgan fingerprint density at radius 2 is 1.62 bits per heavy atom. The van der Waals surface area contributed by atoms with Crippen molar-refractivity contribution in [1.82, 2.24) is 0 Å². The van der Waals surface area contributed by atoms with E-state index in [0.717, 1.165) is 9.80 Å². The number of methoxy groups -OCH3 is 2. The molecule has 0 amide bonds. The minimum absolute atomic E-state index is 0.797. The Balaban J connectivity index is 2.34. The molecule has 8 heteroatoms. The van der Waals surface area contributed by atoms with Crippen LogP contribution in [0.15, 0.2) is 68.3 Å². The highest BCUT2D eigenvalue weighted by Gasteiger charge is 2.53. The van der Waals surface area contributed by atoms with Gasteiger partial charge in [0.15, 0.2) is 0 Å². The van der Waals surface area contributed by atoms with Crippen LogP contribution < -0.4 is 0 Å². The second-order valence-electron chi connectivity index (χ2n) is 4.57. The standard InChI is InChI=1S/C16H14N2O4S2/c1-21-16(22-2)10-14(24-23-13-6-4-3-5-7-13)8-9-15(16,17-11-19)18-12-20/h3-10H,1-2H3. The summed E-state index contributed by atoms with van der Waals surface area (Å²) in [5, 5.41) is 0. The zero-order chi connectivity index (χ0) is 17.5. The minimum atomic E-state index is -1.69. The van der Waals surface area contributed by atoms with E-state index in [-0.39, 0.29) is 0 Å². The summed E-state index contributed by atoms with van der Waals surface area (Å²) in [6.45, 7) is 0. The quantitative estimate of drug-likeness (QED) is 0.321. The lowest BCUT2D eigenvalue weighted by atomic mass is 9.94. The molecule has 0 spiro atoms. The van der Waals surface area contributed by atoms with E-state index in [1.807, 2.05) is 30.3 Å². The van der Waals surface area contributed by atoms with Gasteiger partial charge in [-0.05, 0) is 30.4 Å². The van der Waals surface area contributed by atoms with E-state index in [2.05, 4.69) is 9.98 Å². The molecule has 2 rings (SSSR count). The lowest BCUT2D eigenvalue weighted by Crippen LogP contribution is -2.53. The van der Waals surface area contributed by atoms with Gasteiger partial charge in [-0.15, -0.1) is 0 Å². The zero-order valence-electron chi connectivity index (χ0n) is 13.0. The number of carbonyl (C=O) groups excluding carboxylic acids is 2. The third kappa shape index (κ3) is 3.60. The van der Waals surface area contributed by atoms with Crippen molar-refractivity contribution in [2.45, 2.75) is 16.3 Å². The molecular weight excluding hydrogens is 348 g/mol. The summed E-state index contributed by atoms with van der Waals surface area (Å²) < 4.78 is 10.8. The molecule has 124 valence electrons. The normalized spacial score (nSPS) is 21.3. The maximum Gasteiger partial charge on any atom is 0.250 e. The van der Waals surface area contributed by atoms with E-state index in [0.29, 0.717) is 0 Å². The number of ether oxygens (including phenoxy) is 2. The number of rotatable bonds is 7. The largest absolute Gasteiger partial charge is 0.346 e. The maximum atomic E-state index is 10.8. The lowest BCUT2D eigenvalue weighted by Gasteiger charge is -2.39. The van der Waals surface area contributed by atoms with Crippen LogP contribution in [0.4, 0.5) is 0 Å². The van der Waals surface area contributed by atoms with Gasteiger partial charge in [-0.2, -0.15) is 9.98 Å². The van der Waals surface area contributed by atoms with Gasteiger partial charge in [0.2, 0.25) is 23.6 Å². The number of benzene rings is 1. The highest BCUT2D eigenvalue weighted by atomic mass is 33.1. The van der Waals surface area contributed by atoms with Gasteiger partial charge in [0.1, 0.15) is 0 Å². The molecule has 0 aliphatic heterocycles. The molecule has 1 aromatic carbocycles. The molecule has 24 heavy (non-hydrogen) atoms. The maximum absolute atomic E-state index is 10.8. The number of nitrogens with zero attached hydrogens (tertiary/aromatic N) is 2. The summed E-state index contributed by atoms with van der Waals surface area (Å²) >= 11 is 0. The third-order valence-electron chi connectivity index (χ3n) is 3.34. The SMILES string of the molecule is COC1(OC)C=C(SSc2ccccc2)C=CC1(N=C=O)N=C=O. The van der Waals surface area contributed by atoms with Crippen molar-refractivity contribution in [2.24, 2.45) is 9.98 Å². The Hall–Kier alpha value is -1.92. The second-order valence-corrected chi connectivity index (χ2v) is 6.84. The predicted molar refractivity (Wildman–Crippen MR) is 92.8 cm³/mol. The van der Waals surface area contributed by atoms with Crippen molar-refractivity contribution in [3.05, 3.63) is 53.5 Å². The molecule has 0 bridgehead atoms. The van der Waals surface area contributed by atoms with Crippen LogP contribution in [-0.2, 0) is 19.1 Å². The molecule has 0 radical (unpaired) electrons. The minimum Gasteiger partial charge on any atom is -0.346 e. The average molecular weight is 362 g/mol. The van der Waals surface area contributed by atoms with Crippen molar-refractivity contribution in [3.8, 4) is 0 Å². The summed E-state index contributed by atoms with van der Waals surface area (Å²) in [5.74, 6) is -1.55. The molecule has 1 aliphatic carbocycles. The van der Waals surface area contributed by atoms with Crippen LogP contribution in [-0.4, -0.2) is 37.8 Å². The molecule has 0 N–H and O–H groups in total. The number of isocyanates is 2. The van der Waals surface area contributed by atoms with Crippen molar-refractivity contribution >= 4 is 33.7 Å². The molecule has 0 aromatic heterocycles. The van der Waals surface area contributed by atoms with Crippen molar-refractivity contribution < 1.29 is 19.1 Å². The fourth-order valence-corrected chi connectivity index (χ4v) is 4.19. The van der Waals surface area contributed by atoms with Gasteiger partial charge in [-0.25, -0.2) is 9.59 Å². The van der Waals surface area contributed by atoms with Crippen LogP contribution in [0.1, 0.15) is 0 Å². The van der Waals surface area contributed by atoms with Crippen molar-refractivity contribution in [1.29, 1.82) is 0 Å². The van der Waals surface area contributed by atoms with E-state index in [1.165, 1.54) is 43.2 Å². The number of hydrogen-bond acceptors (Lipinski definition) is 8. The van der Waals surface area contributed by atoms with Crippen LogP contribution in [0.5, 0.6) is 0 Å². The summed E-state index contributed by atoms with van der Waals surface area (Å²) in [5.41, 5.74) is -1.69. The molecule has 0 atom stereocenters. The Morgan fingerprint density at radius 1 is 1.00 bits per heavy atom. The summed E-state index contributed by atoms with van der Waals surface area (Å²) in [6, 6.07) is 9.82. The summed E-state index contributed by atoms with van der Waals surface area (Å²) in [4.78, 5) is 30.7. The van der Waals surface area contributed by atoms with Gasteiger partial charge >= 0.3 is 0 Å². The van der Waals surface area contributed by atoms with Gasteiger partial charge in [-0.1, -0.05) is 39.8 Å². The van der Waals surface area contributed by atoms with Gasteiger partial charge in [-0.3, -0.25) is 0 Å².